The van der Waals surface area contributed by atoms with Gasteiger partial charge in [-0.05, 0) is 24.3 Å². The zero-order valence-electron chi connectivity index (χ0n) is 10.1. The Morgan fingerprint density at radius 1 is 1.53 bits per heavy atom. The number of anilines is 1. The summed E-state index contributed by atoms with van der Waals surface area (Å²) in [5.74, 6) is -0.243. The van der Waals surface area contributed by atoms with Crippen molar-refractivity contribution in [2.75, 3.05) is 5.32 Å². The van der Waals surface area contributed by atoms with Crippen molar-refractivity contribution in [3.8, 4) is 0 Å². The van der Waals surface area contributed by atoms with Crippen LogP contribution >= 0.6 is 27.5 Å². The third kappa shape index (κ3) is 3.94. The van der Waals surface area contributed by atoms with Crippen LogP contribution in [0, 0.1) is 0 Å². The van der Waals surface area contributed by atoms with Crippen LogP contribution in [0.3, 0.4) is 0 Å². The number of nitrogens with zero attached hydrogens (tertiary/aromatic N) is 2. The molecule has 0 spiro atoms. The minimum absolute atomic E-state index is 0.243. The van der Waals surface area contributed by atoms with Crippen LogP contribution in [0.1, 0.15) is 5.56 Å². The molecule has 1 N–H and O–H groups in total. The van der Waals surface area contributed by atoms with Crippen molar-refractivity contribution >= 4 is 45.2 Å². The summed E-state index contributed by atoms with van der Waals surface area (Å²) < 4.78 is 2.53. The fraction of sp³-hybridized carbons (Fsp3) is 0.0769. The quantitative estimate of drug-likeness (QED) is 0.870. The van der Waals surface area contributed by atoms with Gasteiger partial charge in [0.25, 0.3) is 0 Å². The molecule has 0 aliphatic rings. The highest BCUT2D eigenvalue weighted by Crippen LogP contribution is 2.25. The number of halogens is 2. The van der Waals surface area contributed by atoms with E-state index in [1.807, 2.05) is 19.3 Å². The molecule has 2 rings (SSSR count). The molecule has 0 saturated heterocycles. The van der Waals surface area contributed by atoms with Crippen molar-refractivity contribution in [3.63, 3.8) is 0 Å². The molecule has 0 fully saturated rings. The maximum Gasteiger partial charge on any atom is 0.248 e. The molecule has 19 heavy (non-hydrogen) atoms. The lowest BCUT2D eigenvalue weighted by molar-refractivity contribution is -0.111. The van der Waals surface area contributed by atoms with Gasteiger partial charge in [-0.3, -0.25) is 9.48 Å². The van der Waals surface area contributed by atoms with Gasteiger partial charge in [0.1, 0.15) is 0 Å². The zero-order valence-corrected chi connectivity index (χ0v) is 12.4. The average Bonchev–Trinajstić information content (AvgIpc) is 2.76. The van der Waals surface area contributed by atoms with Crippen LogP contribution < -0.4 is 5.32 Å². The van der Waals surface area contributed by atoms with Crippen molar-refractivity contribution in [3.05, 3.63) is 51.7 Å². The lowest BCUT2D eigenvalue weighted by Crippen LogP contribution is -2.07. The largest absolute Gasteiger partial charge is 0.321 e. The molecule has 0 atom stereocenters. The highest BCUT2D eigenvalue weighted by molar-refractivity contribution is 9.10. The van der Waals surface area contributed by atoms with E-state index >= 15 is 0 Å². The van der Waals surface area contributed by atoms with Crippen molar-refractivity contribution in [2.24, 2.45) is 7.05 Å². The third-order valence-corrected chi connectivity index (χ3v) is 3.15. The molecule has 0 bridgehead atoms. The number of aryl methyl sites for hydroxylation is 1. The number of rotatable bonds is 3. The molecule has 2 aromatic rings. The van der Waals surface area contributed by atoms with E-state index < -0.39 is 0 Å². The summed E-state index contributed by atoms with van der Waals surface area (Å²) in [6.07, 6.45) is 6.62. The van der Waals surface area contributed by atoms with Crippen LogP contribution in [0.5, 0.6) is 0 Å². The summed E-state index contributed by atoms with van der Waals surface area (Å²) >= 11 is 9.32. The Labute approximate surface area is 124 Å². The van der Waals surface area contributed by atoms with E-state index in [2.05, 4.69) is 26.3 Å². The van der Waals surface area contributed by atoms with Crippen molar-refractivity contribution in [1.82, 2.24) is 9.78 Å². The van der Waals surface area contributed by atoms with Crippen molar-refractivity contribution in [1.29, 1.82) is 0 Å². The monoisotopic (exact) mass is 339 g/mol. The molecule has 1 heterocycles. The van der Waals surface area contributed by atoms with Crippen LogP contribution in [0.2, 0.25) is 5.02 Å². The van der Waals surface area contributed by atoms with Gasteiger partial charge < -0.3 is 5.32 Å². The minimum atomic E-state index is -0.243. The Morgan fingerprint density at radius 2 is 2.32 bits per heavy atom. The van der Waals surface area contributed by atoms with Crippen LogP contribution in [0.4, 0.5) is 5.69 Å². The fourth-order valence-corrected chi connectivity index (χ4v) is 2.18. The van der Waals surface area contributed by atoms with Gasteiger partial charge in [-0.2, -0.15) is 5.10 Å². The van der Waals surface area contributed by atoms with Gasteiger partial charge in [-0.15, -0.1) is 0 Å². The number of hydrogen-bond donors (Lipinski definition) is 1. The first-order chi connectivity index (χ1) is 9.04. The minimum Gasteiger partial charge on any atom is -0.321 e. The summed E-state index contributed by atoms with van der Waals surface area (Å²) in [5, 5.41) is 7.20. The number of carbonyl (C=O) groups is 1. The molecule has 0 aliphatic carbocycles. The van der Waals surface area contributed by atoms with E-state index in [9.17, 15) is 4.79 Å². The summed E-state index contributed by atoms with van der Waals surface area (Å²) in [6, 6.07) is 5.27. The van der Waals surface area contributed by atoms with Crippen LogP contribution in [0.25, 0.3) is 6.08 Å². The van der Waals surface area contributed by atoms with Gasteiger partial charge in [-0.1, -0.05) is 27.5 Å². The standard InChI is InChI=1S/C13H11BrClN3O/c1-18-8-9(7-16-18)2-5-13(19)17-12-4-3-10(14)6-11(12)15/h2-8H,1H3,(H,17,19)/b5-2+. The second-order valence-corrected chi connectivity index (χ2v) is 5.22. The van der Waals surface area contributed by atoms with Gasteiger partial charge in [0, 0.05) is 29.4 Å². The Hall–Kier alpha value is -1.59. The van der Waals surface area contributed by atoms with E-state index in [1.54, 1.807) is 29.1 Å². The van der Waals surface area contributed by atoms with Gasteiger partial charge in [0.05, 0.1) is 16.9 Å². The second kappa shape index (κ2) is 6.04. The topological polar surface area (TPSA) is 46.9 Å². The number of hydrogen-bond acceptors (Lipinski definition) is 2. The Bertz CT molecular complexity index is 637. The van der Waals surface area contributed by atoms with E-state index in [1.165, 1.54) is 6.08 Å². The van der Waals surface area contributed by atoms with Gasteiger partial charge in [-0.25, -0.2) is 0 Å². The molecule has 98 valence electrons. The number of nitrogens with one attached hydrogen (secondary N) is 1. The van der Waals surface area contributed by atoms with Crippen molar-refractivity contribution in [2.45, 2.75) is 0 Å². The third-order valence-electron chi connectivity index (χ3n) is 2.34. The number of amides is 1. The Balaban J connectivity index is 2.03. The number of benzene rings is 1. The second-order valence-electron chi connectivity index (χ2n) is 3.89. The maximum absolute atomic E-state index is 11.7. The van der Waals surface area contributed by atoms with Gasteiger partial charge >= 0.3 is 0 Å². The Kier molecular flexibility index (Phi) is 4.39. The Morgan fingerprint density at radius 3 is 2.95 bits per heavy atom. The summed E-state index contributed by atoms with van der Waals surface area (Å²) in [4.78, 5) is 11.7. The van der Waals surface area contributed by atoms with E-state index in [-0.39, 0.29) is 5.91 Å². The van der Waals surface area contributed by atoms with E-state index in [0.29, 0.717) is 10.7 Å². The first kappa shape index (κ1) is 13.8. The number of aromatic nitrogens is 2. The van der Waals surface area contributed by atoms with Crippen LogP contribution in [0.15, 0.2) is 41.1 Å². The molecule has 0 aliphatic heterocycles. The van der Waals surface area contributed by atoms with Crippen LogP contribution in [-0.4, -0.2) is 15.7 Å². The molecule has 0 unspecified atom stereocenters. The lowest BCUT2D eigenvalue weighted by atomic mass is 10.3. The molecule has 0 radical (unpaired) electrons. The molecular formula is C13H11BrClN3O. The fourth-order valence-electron chi connectivity index (χ4n) is 1.46. The zero-order chi connectivity index (χ0) is 13.8. The molecule has 1 aromatic heterocycles. The van der Waals surface area contributed by atoms with E-state index in [4.69, 9.17) is 11.6 Å². The predicted octanol–water partition coefficient (Wildman–Crippen LogP) is 3.49. The van der Waals surface area contributed by atoms with Crippen LogP contribution in [-0.2, 0) is 11.8 Å². The maximum atomic E-state index is 11.7. The molecule has 6 heteroatoms. The molecule has 4 nitrogen and oxygen atoms in total. The lowest BCUT2D eigenvalue weighted by Gasteiger charge is -2.04. The molecule has 1 amide bonds. The predicted molar refractivity (Wildman–Crippen MR) is 80.0 cm³/mol. The molecule has 1 aromatic carbocycles. The average molecular weight is 341 g/mol. The SMILES string of the molecule is Cn1cc(/C=C/C(=O)Nc2ccc(Br)cc2Cl)cn1. The van der Waals surface area contributed by atoms with Gasteiger partial charge in [0.2, 0.25) is 5.91 Å². The summed E-state index contributed by atoms with van der Waals surface area (Å²) in [5.41, 5.74) is 1.44. The first-order valence-corrected chi connectivity index (χ1v) is 6.64. The first-order valence-electron chi connectivity index (χ1n) is 5.47. The van der Waals surface area contributed by atoms with Gasteiger partial charge in [0.15, 0.2) is 0 Å². The smallest absolute Gasteiger partial charge is 0.248 e. The van der Waals surface area contributed by atoms with E-state index in [0.717, 1.165) is 10.0 Å². The summed E-state index contributed by atoms with van der Waals surface area (Å²) in [7, 11) is 1.82. The number of carbonyl (C=O) groups excluding carboxylic acids is 1. The normalized spacial score (nSPS) is 10.9. The summed E-state index contributed by atoms with van der Waals surface area (Å²) in [6.45, 7) is 0. The highest BCUT2D eigenvalue weighted by atomic mass is 79.9. The molecule has 0 saturated carbocycles. The highest BCUT2D eigenvalue weighted by Gasteiger charge is 2.03. The molecular weight excluding hydrogens is 330 g/mol. The van der Waals surface area contributed by atoms with Crippen molar-refractivity contribution < 1.29 is 4.79 Å².